The van der Waals surface area contributed by atoms with Gasteiger partial charge in [0.05, 0.1) is 0 Å². The van der Waals surface area contributed by atoms with E-state index in [0.29, 0.717) is 23.7 Å². The third-order valence-electron chi connectivity index (χ3n) is 15.8. The van der Waals surface area contributed by atoms with Crippen LogP contribution in [0.5, 0.6) is 0 Å². The summed E-state index contributed by atoms with van der Waals surface area (Å²) in [5.74, 6) is 2.14. The van der Waals surface area contributed by atoms with E-state index in [4.69, 9.17) is 0 Å². The van der Waals surface area contributed by atoms with Crippen molar-refractivity contribution in [1.29, 1.82) is 0 Å². The summed E-state index contributed by atoms with van der Waals surface area (Å²) in [7, 11) is 18.2. The van der Waals surface area contributed by atoms with E-state index in [9.17, 15) is 17.0 Å². The van der Waals surface area contributed by atoms with Crippen LogP contribution in [0.3, 0.4) is 0 Å². The van der Waals surface area contributed by atoms with E-state index in [0.717, 1.165) is 0 Å². The minimum atomic E-state index is -5.77. The fourth-order valence-corrected chi connectivity index (χ4v) is 40.4. The Labute approximate surface area is 408 Å². The molecular weight excluding hydrogens is 935 g/mol. The summed E-state index contributed by atoms with van der Waals surface area (Å²) in [6.45, 7) is 32.7. The second-order valence-corrected chi connectivity index (χ2v) is 44.6. The van der Waals surface area contributed by atoms with Crippen LogP contribution in [-0.2, 0) is 16.4 Å². The SMILES string of the molecule is Cc1ccc2c(c1-c1cc(C(C)C)cc(C(C)C)c1)C=C(C(C)C)[CH]2[Zr]([Cl])([Cl])([c]1cccc2c1[SiH2]c1ccccc1-2)[CH]1C(C(C)C)=Cc2c1ccc(C)c2-c1cc(C(C)C)cc(C(C)C)c1. The number of hydrogen-bond donors (Lipinski definition) is 0. The Morgan fingerprint density at radius 1 is 0.455 bits per heavy atom. The fraction of sp³-hybridized carbons (Fsp3) is 0.355. The second kappa shape index (κ2) is 17.5. The van der Waals surface area contributed by atoms with Crippen LogP contribution in [-0.4, -0.2) is 9.52 Å². The van der Waals surface area contributed by atoms with Crippen LogP contribution < -0.4 is 13.6 Å². The van der Waals surface area contributed by atoms with E-state index in [1.54, 1.807) is 0 Å². The van der Waals surface area contributed by atoms with Gasteiger partial charge in [-0.15, -0.1) is 0 Å². The average Bonchev–Trinajstić information content (AvgIpc) is 3.99. The van der Waals surface area contributed by atoms with E-state index in [1.807, 2.05) is 0 Å². The summed E-state index contributed by atoms with van der Waals surface area (Å²) < 4.78 is 1.03. The molecule has 6 aromatic carbocycles. The molecule has 0 aromatic heterocycles. The summed E-state index contributed by atoms with van der Waals surface area (Å²) in [6, 6.07) is 40.5. The van der Waals surface area contributed by atoms with E-state index < -0.39 is 25.9 Å². The molecule has 2 atom stereocenters. The van der Waals surface area contributed by atoms with Crippen molar-refractivity contribution in [1.82, 2.24) is 0 Å². The topological polar surface area (TPSA) is 0 Å². The Bertz CT molecular complexity index is 2790. The standard InChI is InChI=1S/2C25H31.C12H9Si.2ClH.Zr/c2*1-15(2)20-11-21(16(3)4)13-23(12-20)25-18(7)8-9-19-10-22(17(5)6)14-24(19)25;1-3-7-11-9(5-1)10-6-2-4-8-12(10)13-11;;;/h2*8-17H,1-7H3;1-7H,13H2;2*1H;/q;;;;;+2/p-2. The summed E-state index contributed by atoms with van der Waals surface area (Å²) in [4.78, 5) is 0. The third-order valence-corrected chi connectivity index (χ3v) is 38.4. The number of hydrogen-bond acceptors (Lipinski definition) is 0. The second-order valence-electron chi connectivity index (χ2n) is 22.2. The van der Waals surface area contributed by atoms with Crippen molar-refractivity contribution < 1.29 is 16.4 Å². The van der Waals surface area contributed by atoms with Crippen LogP contribution in [0.15, 0.2) is 114 Å². The van der Waals surface area contributed by atoms with Crippen LogP contribution in [0, 0.1) is 25.7 Å². The fourth-order valence-electron chi connectivity index (χ4n) is 12.2. The molecule has 0 saturated heterocycles. The van der Waals surface area contributed by atoms with E-state index in [1.165, 1.54) is 114 Å². The average molecular weight is 1010 g/mol. The number of halogens is 2. The minimum absolute atomic E-state index is 0.133. The summed E-state index contributed by atoms with van der Waals surface area (Å²) in [6.07, 6.45) is 5.13. The van der Waals surface area contributed by atoms with Crippen molar-refractivity contribution >= 4 is 52.3 Å². The van der Waals surface area contributed by atoms with Crippen LogP contribution in [0.1, 0.15) is 170 Å². The van der Waals surface area contributed by atoms with Gasteiger partial charge in [-0.2, -0.15) is 0 Å². The number of benzene rings is 6. The number of rotatable bonds is 11. The maximum absolute atomic E-state index is 9.55. The van der Waals surface area contributed by atoms with Crippen LogP contribution in [0.25, 0.3) is 45.5 Å². The first-order valence-electron chi connectivity index (χ1n) is 25.0. The zero-order valence-electron chi connectivity index (χ0n) is 42.1. The monoisotopic (exact) mass is 1000 g/mol. The molecule has 341 valence electrons. The van der Waals surface area contributed by atoms with Gasteiger partial charge in [0.25, 0.3) is 0 Å². The molecule has 1 heterocycles. The molecule has 0 saturated carbocycles. The van der Waals surface area contributed by atoms with E-state index >= 15 is 0 Å². The van der Waals surface area contributed by atoms with Crippen LogP contribution >= 0.6 is 17.0 Å². The van der Waals surface area contributed by atoms with Crippen LogP contribution in [0.4, 0.5) is 0 Å². The Kier molecular flexibility index (Phi) is 12.6. The molecule has 1 aliphatic heterocycles. The van der Waals surface area contributed by atoms with Gasteiger partial charge in [0.1, 0.15) is 0 Å². The van der Waals surface area contributed by atoms with E-state index in [2.05, 4.69) is 212 Å². The quantitative estimate of drug-likeness (QED) is 0.113. The van der Waals surface area contributed by atoms with Crippen molar-refractivity contribution in [3.63, 3.8) is 0 Å². The van der Waals surface area contributed by atoms with Crippen LogP contribution in [0.2, 0.25) is 0 Å². The Hall–Kier alpha value is -3.52. The molecule has 66 heavy (non-hydrogen) atoms. The maximum atomic E-state index is 9.55. The van der Waals surface area contributed by atoms with Crippen molar-refractivity contribution in [2.45, 2.75) is 128 Å². The molecule has 9 rings (SSSR count). The van der Waals surface area contributed by atoms with Gasteiger partial charge in [0.2, 0.25) is 0 Å². The van der Waals surface area contributed by atoms with Crippen molar-refractivity contribution in [2.75, 3.05) is 0 Å². The molecule has 0 fully saturated rings. The van der Waals surface area contributed by atoms with Gasteiger partial charge >= 0.3 is 412 Å². The molecule has 4 heteroatoms. The zero-order valence-corrected chi connectivity index (χ0v) is 47.4. The van der Waals surface area contributed by atoms with Gasteiger partial charge in [-0.1, -0.05) is 0 Å². The van der Waals surface area contributed by atoms with Crippen molar-refractivity contribution in [3.8, 4) is 33.4 Å². The predicted molar refractivity (Wildman–Crippen MR) is 292 cm³/mol. The summed E-state index contributed by atoms with van der Waals surface area (Å²) in [5.41, 5.74) is 24.2. The molecule has 2 aliphatic carbocycles. The molecule has 0 radical (unpaired) electrons. The normalized spacial score (nSPS) is 17.5. The number of fused-ring (bicyclic) bond motifs is 5. The third kappa shape index (κ3) is 7.63. The Morgan fingerprint density at radius 2 is 0.864 bits per heavy atom. The number of allylic oxidation sites excluding steroid dienone is 2. The molecule has 0 N–H and O–H groups in total. The molecular formula is C62H71Cl2SiZr. The summed E-state index contributed by atoms with van der Waals surface area (Å²) in [5, 5.41) is 2.97. The van der Waals surface area contributed by atoms with Crippen molar-refractivity contribution in [3.05, 3.63) is 170 Å². The molecule has 0 spiro atoms. The molecule has 3 aliphatic rings. The summed E-state index contributed by atoms with van der Waals surface area (Å²) >= 11 is -5.77. The first kappa shape index (κ1) is 47.5. The first-order chi connectivity index (χ1) is 31.2. The number of aryl methyl sites for hydroxylation is 2. The first-order valence-corrected chi connectivity index (χ1v) is 36.8. The van der Waals surface area contributed by atoms with Gasteiger partial charge < -0.3 is 0 Å². The van der Waals surface area contributed by atoms with Gasteiger partial charge in [-0.3, -0.25) is 0 Å². The zero-order chi connectivity index (χ0) is 47.3. The molecule has 0 amide bonds. The van der Waals surface area contributed by atoms with Gasteiger partial charge in [-0.05, 0) is 0 Å². The van der Waals surface area contributed by atoms with Gasteiger partial charge in [-0.25, -0.2) is 0 Å². The molecule has 2 unspecified atom stereocenters. The van der Waals surface area contributed by atoms with Crippen molar-refractivity contribution in [2.24, 2.45) is 11.8 Å². The molecule has 6 aromatic rings. The molecule has 0 bridgehead atoms. The van der Waals surface area contributed by atoms with Gasteiger partial charge in [0.15, 0.2) is 0 Å². The van der Waals surface area contributed by atoms with E-state index in [-0.39, 0.29) is 19.1 Å². The molecule has 0 nitrogen and oxygen atoms in total. The Morgan fingerprint density at radius 3 is 1.27 bits per heavy atom. The predicted octanol–water partition coefficient (Wildman–Crippen LogP) is 16.4. The Balaban J connectivity index is 1.39. The van der Waals surface area contributed by atoms with Gasteiger partial charge in [0, 0.05) is 0 Å².